The van der Waals surface area contributed by atoms with Gasteiger partial charge >= 0.3 is 5.63 Å². The van der Waals surface area contributed by atoms with E-state index in [9.17, 15) is 4.79 Å². The molecule has 5 heteroatoms. The van der Waals surface area contributed by atoms with Crippen LogP contribution in [0.25, 0.3) is 21.3 Å². The van der Waals surface area contributed by atoms with E-state index in [1.165, 1.54) is 11.3 Å². The van der Waals surface area contributed by atoms with Crippen LogP contribution in [0.2, 0.25) is 0 Å². The molecule has 3 rings (SSSR count). The Kier molecular flexibility index (Phi) is 3.98. The highest BCUT2D eigenvalue weighted by Crippen LogP contribution is 2.33. The Balaban J connectivity index is 2.11. The van der Waals surface area contributed by atoms with E-state index < -0.39 is 0 Å². The van der Waals surface area contributed by atoms with Crippen LogP contribution in [0.1, 0.15) is 33.6 Å². The second-order valence-corrected chi connectivity index (χ2v) is 7.20. The van der Waals surface area contributed by atoms with E-state index >= 15 is 0 Å². The zero-order valence-corrected chi connectivity index (χ0v) is 14.5. The summed E-state index contributed by atoms with van der Waals surface area (Å²) in [6.45, 7) is 8.51. The van der Waals surface area contributed by atoms with Gasteiger partial charge in [0.1, 0.15) is 16.0 Å². The second-order valence-electron chi connectivity index (χ2n) is 6.34. The molecule has 0 saturated carbocycles. The summed E-state index contributed by atoms with van der Waals surface area (Å²) >= 11 is 1.47. The lowest BCUT2D eigenvalue weighted by atomic mass is 9.97. The summed E-state index contributed by atoms with van der Waals surface area (Å²) in [5.41, 5.74) is 1.19. The topological polar surface area (TPSA) is 52.3 Å². The third-order valence-corrected chi connectivity index (χ3v) is 4.36. The van der Waals surface area contributed by atoms with E-state index in [0.29, 0.717) is 17.9 Å². The van der Waals surface area contributed by atoms with Crippen molar-refractivity contribution in [1.82, 2.24) is 4.98 Å². The highest BCUT2D eigenvalue weighted by atomic mass is 32.1. The number of ether oxygens (including phenoxy) is 1. The molecule has 3 aromatic rings. The molecular weight excluding hydrogens is 310 g/mol. The van der Waals surface area contributed by atoms with Crippen LogP contribution >= 0.6 is 11.3 Å². The Morgan fingerprint density at radius 2 is 1.91 bits per heavy atom. The molecule has 0 saturated heterocycles. The lowest BCUT2D eigenvalue weighted by molar-refractivity contribution is 0.340. The van der Waals surface area contributed by atoms with Gasteiger partial charge in [-0.3, -0.25) is 0 Å². The van der Waals surface area contributed by atoms with Gasteiger partial charge in [0.05, 0.1) is 6.61 Å². The molecule has 0 aliphatic rings. The van der Waals surface area contributed by atoms with Crippen LogP contribution in [0.5, 0.6) is 5.75 Å². The molecule has 1 aromatic carbocycles. The summed E-state index contributed by atoms with van der Waals surface area (Å²) in [6.07, 6.45) is 0. The molecule has 0 unspecified atom stereocenters. The van der Waals surface area contributed by atoms with Gasteiger partial charge in [-0.15, -0.1) is 11.3 Å². The van der Waals surface area contributed by atoms with Gasteiger partial charge in [-0.05, 0) is 24.6 Å². The van der Waals surface area contributed by atoms with Gasteiger partial charge in [-0.2, -0.15) is 0 Å². The summed E-state index contributed by atoms with van der Waals surface area (Å²) in [5.74, 6) is 1.28. The predicted octanol–water partition coefficient (Wildman–Crippen LogP) is 4.61. The molecule has 0 amide bonds. The van der Waals surface area contributed by atoms with Crippen molar-refractivity contribution in [3.8, 4) is 16.9 Å². The standard InChI is InChI=1S/C18H19NO3S/c1-5-21-12-8-6-11(7-9-12)13-10-23-15-14(13)16(20)22-17(19-15)18(2,3)4/h6-10H,5H2,1-4H3. The van der Waals surface area contributed by atoms with Gasteiger partial charge in [0.25, 0.3) is 0 Å². The lowest BCUT2D eigenvalue weighted by Crippen LogP contribution is -2.17. The molecule has 23 heavy (non-hydrogen) atoms. The van der Waals surface area contributed by atoms with Crippen LogP contribution in [0.4, 0.5) is 0 Å². The molecule has 0 atom stereocenters. The Bertz CT molecular complexity index is 885. The summed E-state index contributed by atoms with van der Waals surface area (Å²) in [5, 5.41) is 2.50. The van der Waals surface area contributed by atoms with Crippen LogP contribution in [0, 0.1) is 0 Å². The Morgan fingerprint density at radius 3 is 2.52 bits per heavy atom. The van der Waals surface area contributed by atoms with Crippen molar-refractivity contribution in [3.05, 3.63) is 46.0 Å². The molecule has 0 N–H and O–H groups in total. The van der Waals surface area contributed by atoms with Crippen LogP contribution in [0.3, 0.4) is 0 Å². The zero-order valence-electron chi connectivity index (χ0n) is 13.7. The zero-order chi connectivity index (χ0) is 16.6. The second kappa shape index (κ2) is 5.81. The number of benzene rings is 1. The van der Waals surface area contributed by atoms with Gasteiger partial charge in [0.15, 0.2) is 0 Å². The Labute approximate surface area is 138 Å². The highest BCUT2D eigenvalue weighted by Gasteiger charge is 2.22. The molecule has 4 nitrogen and oxygen atoms in total. The first-order chi connectivity index (χ1) is 10.9. The fraction of sp³-hybridized carbons (Fsp3) is 0.333. The molecule has 0 spiro atoms. The monoisotopic (exact) mass is 329 g/mol. The number of hydrogen-bond donors (Lipinski definition) is 0. The number of rotatable bonds is 3. The van der Waals surface area contributed by atoms with Gasteiger partial charge in [0.2, 0.25) is 5.89 Å². The van der Waals surface area contributed by atoms with E-state index in [0.717, 1.165) is 21.7 Å². The molecule has 2 aromatic heterocycles. The SMILES string of the molecule is CCOc1ccc(-c2csc3nc(C(C)(C)C)oc(=O)c23)cc1. The lowest BCUT2D eigenvalue weighted by Gasteiger charge is -2.14. The van der Waals surface area contributed by atoms with Gasteiger partial charge < -0.3 is 9.15 Å². The van der Waals surface area contributed by atoms with Crippen LogP contribution < -0.4 is 10.4 Å². The summed E-state index contributed by atoms with van der Waals surface area (Å²) in [4.78, 5) is 17.7. The predicted molar refractivity (Wildman–Crippen MR) is 93.5 cm³/mol. The largest absolute Gasteiger partial charge is 0.494 e. The van der Waals surface area contributed by atoms with E-state index in [-0.39, 0.29) is 11.0 Å². The van der Waals surface area contributed by atoms with E-state index in [2.05, 4.69) is 4.98 Å². The molecular formula is C18H19NO3S. The normalized spacial score (nSPS) is 11.8. The van der Waals surface area contributed by atoms with Gasteiger partial charge in [-0.25, -0.2) is 9.78 Å². The molecule has 0 aliphatic carbocycles. The van der Waals surface area contributed by atoms with Crippen molar-refractivity contribution in [2.75, 3.05) is 6.61 Å². The molecule has 0 bridgehead atoms. The average Bonchev–Trinajstić information content (AvgIpc) is 2.92. The fourth-order valence-corrected chi connectivity index (χ4v) is 3.24. The number of thiophene rings is 1. The average molecular weight is 329 g/mol. The van der Waals surface area contributed by atoms with E-state index in [1.54, 1.807) is 0 Å². The van der Waals surface area contributed by atoms with Gasteiger partial charge in [-0.1, -0.05) is 32.9 Å². The van der Waals surface area contributed by atoms with Crippen molar-refractivity contribution in [2.45, 2.75) is 33.1 Å². The van der Waals surface area contributed by atoms with Crippen molar-refractivity contribution < 1.29 is 9.15 Å². The molecule has 0 fully saturated rings. The first-order valence-electron chi connectivity index (χ1n) is 7.56. The number of hydrogen-bond acceptors (Lipinski definition) is 5. The number of nitrogens with zero attached hydrogens (tertiary/aromatic N) is 1. The highest BCUT2D eigenvalue weighted by molar-refractivity contribution is 7.17. The quantitative estimate of drug-likeness (QED) is 0.704. The maximum atomic E-state index is 12.4. The minimum Gasteiger partial charge on any atom is -0.494 e. The fourth-order valence-electron chi connectivity index (χ4n) is 2.31. The maximum absolute atomic E-state index is 12.4. The number of fused-ring (bicyclic) bond motifs is 1. The summed E-state index contributed by atoms with van der Waals surface area (Å²) < 4.78 is 10.9. The first-order valence-corrected chi connectivity index (χ1v) is 8.44. The van der Waals surface area contributed by atoms with Crippen LogP contribution in [-0.2, 0) is 5.41 Å². The van der Waals surface area contributed by atoms with Crippen molar-refractivity contribution in [1.29, 1.82) is 0 Å². The van der Waals surface area contributed by atoms with Crippen LogP contribution in [-0.4, -0.2) is 11.6 Å². The maximum Gasteiger partial charge on any atom is 0.348 e. The van der Waals surface area contributed by atoms with Crippen molar-refractivity contribution in [2.24, 2.45) is 0 Å². The summed E-state index contributed by atoms with van der Waals surface area (Å²) in [6, 6.07) is 7.70. The van der Waals surface area contributed by atoms with Crippen molar-refractivity contribution >= 4 is 21.6 Å². The Hall–Kier alpha value is -2.14. The van der Waals surface area contributed by atoms with E-state index in [1.807, 2.05) is 57.3 Å². The third kappa shape index (κ3) is 3.01. The molecule has 2 heterocycles. The molecule has 0 aliphatic heterocycles. The van der Waals surface area contributed by atoms with Crippen LogP contribution in [0.15, 0.2) is 38.9 Å². The third-order valence-electron chi connectivity index (χ3n) is 3.49. The smallest absolute Gasteiger partial charge is 0.348 e. The Morgan fingerprint density at radius 1 is 1.22 bits per heavy atom. The minimum absolute atomic E-state index is 0.295. The van der Waals surface area contributed by atoms with Gasteiger partial charge in [0, 0.05) is 16.4 Å². The number of aromatic nitrogens is 1. The van der Waals surface area contributed by atoms with Crippen molar-refractivity contribution in [3.63, 3.8) is 0 Å². The summed E-state index contributed by atoms with van der Waals surface area (Å²) in [7, 11) is 0. The minimum atomic E-state index is -0.329. The van der Waals surface area contributed by atoms with E-state index in [4.69, 9.17) is 9.15 Å². The molecule has 120 valence electrons. The first kappa shape index (κ1) is 15.7. The molecule has 0 radical (unpaired) electrons.